The number of benzene rings is 1. The monoisotopic (exact) mass is 500 g/mol. The Morgan fingerprint density at radius 2 is 1.92 bits per heavy atom. The molecular weight excluding hydrogens is 472 g/mol. The van der Waals surface area contributed by atoms with Gasteiger partial charge in [-0.25, -0.2) is 9.59 Å². The number of aromatic nitrogens is 2. The number of nitrogens with zero attached hydrogens (tertiary/aromatic N) is 2. The Morgan fingerprint density at radius 1 is 1.14 bits per heavy atom. The molecule has 0 radical (unpaired) electrons. The molecular formula is C24H28N4O8. The SMILES string of the molecule is CCNC(=O)Nc1ccn([C@@H]2O[C@H](COCC3CC3C(=O)O)C3O[C@H](c4ccccc4)O[C@@H]32)c(=O)n1. The molecule has 36 heavy (non-hydrogen) atoms. The summed E-state index contributed by atoms with van der Waals surface area (Å²) in [4.78, 5) is 39.6. The van der Waals surface area contributed by atoms with Crippen LogP contribution < -0.4 is 16.3 Å². The van der Waals surface area contributed by atoms with Gasteiger partial charge < -0.3 is 29.4 Å². The van der Waals surface area contributed by atoms with Crippen LogP contribution in [0.3, 0.4) is 0 Å². The van der Waals surface area contributed by atoms with Crippen molar-refractivity contribution in [2.75, 3.05) is 25.1 Å². The fraction of sp³-hybridized carbons (Fsp3) is 0.500. The van der Waals surface area contributed by atoms with Gasteiger partial charge in [0.25, 0.3) is 0 Å². The molecule has 1 saturated carbocycles. The van der Waals surface area contributed by atoms with E-state index in [9.17, 15) is 14.4 Å². The first-order chi connectivity index (χ1) is 17.4. The highest BCUT2D eigenvalue weighted by molar-refractivity contribution is 5.87. The summed E-state index contributed by atoms with van der Waals surface area (Å²) in [6.45, 7) is 2.68. The van der Waals surface area contributed by atoms with Crippen LogP contribution in [0.4, 0.5) is 10.6 Å². The number of amides is 2. The standard InChI is InChI=1S/C24H28N4O8/c1-2-25-23(31)26-17-8-9-28(24(32)27-17)20-19-18(35-22(36-19)13-6-4-3-5-7-13)16(34-20)12-33-11-14-10-15(14)21(29)30/h3-9,14-16,18-20,22H,2,10-12H2,1H3,(H,29,30)(H2,25,26,27,31,32)/t14?,15?,16-,18?,19+,20-,22+/m1/s1. The van der Waals surface area contributed by atoms with Gasteiger partial charge in [0.1, 0.15) is 24.1 Å². The summed E-state index contributed by atoms with van der Waals surface area (Å²) in [7, 11) is 0. The molecule has 0 bridgehead atoms. The molecule has 0 spiro atoms. The second-order valence-corrected chi connectivity index (χ2v) is 8.97. The summed E-state index contributed by atoms with van der Waals surface area (Å²) in [5.41, 5.74) is 0.211. The molecule has 1 aromatic carbocycles. The topological polar surface area (TPSA) is 150 Å². The quantitative estimate of drug-likeness (QED) is 0.465. The molecule has 3 unspecified atom stereocenters. The summed E-state index contributed by atoms with van der Waals surface area (Å²) in [6, 6.07) is 10.5. The third-order valence-electron chi connectivity index (χ3n) is 6.46. The van der Waals surface area contributed by atoms with E-state index in [0.717, 1.165) is 5.56 Å². The number of nitrogens with one attached hydrogen (secondary N) is 2. The van der Waals surface area contributed by atoms with Crippen molar-refractivity contribution < 1.29 is 33.6 Å². The third-order valence-corrected chi connectivity index (χ3v) is 6.46. The lowest BCUT2D eigenvalue weighted by Gasteiger charge is -2.21. The van der Waals surface area contributed by atoms with E-state index in [4.69, 9.17) is 24.1 Å². The molecule has 3 fully saturated rings. The summed E-state index contributed by atoms with van der Waals surface area (Å²) >= 11 is 0. The van der Waals surface area contributed by atoms with Gasteiger partial charge in [0.05, 0.1) is 19.1 Å². The highest BCUT2D eigenvalue weighted by atomic mass is 16.8. The minimum Gasteiger partial charge on any atom is -0.481 e. The normalized spacial score (nSPS) is 30.5. The van der Waals surface area contributed by atoms with Crippen LogP contribution >= 0.6 is 0 Å². The molecule has 2 amide bonds. The van der Waals surface area contributed by atoms with E-state index in [1.54, 1.807) is 6.92 Å². The molecule has 7 atom stereocenters. The summed E-state index contributed by atoms with van der Waals surface area (Å²) < 4.78 is 25.6. The van der Waals surface area contributed by atoms with Crippen LogP contribution in [-0.2, 0) is 23.7 Å². The largest absolute Gasteiger partial charge is 0.481 e. The number of fused-ring (bicyclic) bond motifs is 1. The predicted molar refractivity (Wildman–Crippen MR) is 124 cm³/mol. The second-order valence-electron chi connectivity index (χ2n) is 8.97. The lowest BCUT2D eigenvalue weighted by atomic mass is 10.1. The van der Waals surface area contributed by atoms with Crippen molar-refractivity contribution in [3.8, 4) is 0 Å². The molecule has 3 aliphatic rings. The van der Waals surface area contributed by atoms with Gasteiger partial charge in [0, 0.05) is 18.3 Å². The maximum absolute atomic E-state index is 12.8. The van der Waals surface area contributed by atoms with Crippen molar-refractivity contribution in [3.05, 3.63) is 58.6 Å². The minimum absolute atomic E-state index is 0.00918. The Labute approximate surface area is 206 Å². The average molecular weight is 501 g/mol. The number of rotatable bonds is 9. The van der Waals surface area contributed by atoms with Crippen LogP contribution in [0, 0.1) is 11.8 Å². The van der Waals surface area contributed by atoms with Gasteiger partial charge >= 0.3 is 17.7 Å². The van der Waals surface area contributed by atoms with Gasteiger partial charge in [-0.1, -0.05) is 30.3 Å². The zero-order chi connectivity index (χ0) is 25.2. The van der Waals surface area contributed by atoms with E-state index in [1.807, 2.05) is 30.3 Å². The molecule has 192 valence electrons. The molecule has 12 heteroatoms. The van der Waals surface area contributed by atoms with Gasteiger partial charge in [-0.2, -0.15) is 4.98 Å². The molecule has 2 aliphatic heterocycles. The summed E-state index contributed by atoms with van der Waals surface area (Å²) in [5.74, 6) is -1.07. The van der Waals surface area contributed by atoms with Crippen LogP contribution in [0.5, 0.6) is 0 Å². The number of hydrogen-bond acceptors (Lipinski definition) is 8. The molecule has 5 rings (SSSR count). The zero-order valence-corrected chi connectivity index (χ0v) is 19.6. The minimum atomic E-state index is -0.830. The zero-order valence-electron chi connectivity index (χ0n) is 19.6. The van der Waals surface area contributed by atoms with Crippen LogP contribution in [0.15, 0.2) is 47.4 Å². The highest BCUT2D eigenvalue weighted by Gasteiger charge is 2.54. The smallest absolute Gasteiger partial charge is 0.351 e. The fourth-order valence-corrected chi connectivity index (χ4v) is 4.53. The van der Waals surface area contributed by atoms with Crippen LogP contribution in [-0.4, -0.2) is 64.7 Å². The molecule has 12 nitrogen and oxygen atoms in total. The first-order valence-corrected chi connectivity index (χ1v) is 11.9. The van der Waals surface area contributed by atoms with Gasteiger partial charge in [-0.15, -0.1) is 0 Å². The number of carbonyl (C=O) groups excluding carboxylic acids is 1. The van der Waals surface area contributed by atoms with E-state index in [2.05, 4.69) is 15.6 Å². The number of carboxylic acid groups (broad SMARTS) is 1. The van der Waals surface area contributed by atoms with Crippen molar-refractivity contribution in [2.24, 2.45) is 11.8 Å². The molecule has 3 N–H and O–H groups in total. The van der Waals surface area contributed by atoms with Crippen LogP contribution in [0.1, 0.15) is 31.4 Å². The second kappa shape index (κ2) is 10.3. The summed E-state index contributed by atoms with van der Waals surface area (Å²) in [5, 5.41) is 14.2. The molecule has 1 aliphatic carbocycles. The van der Waals surface area contributed by atoms with E-state index < -0.39 is 48.5 Å². The number of carbonyl (C=O) groups is 2. The van der Waals surface area contributed by atoms with E-state index in [0.29, 0.717) is 19.6 Å². The summed E-state index contributed by atoms with van der Waals surface area (Å²) in [6.07, 6.45) is -1.06. The number of urea groups is 1. The fourth-order valence-electron chi connectivity index (χ4n) is 4.53. The van der Waals surface area contributed by atoms with Crippen LogP contribution in [0.25, 0.3) is 0 Å². The van der Waals surface area contributed by atoms with E-state index in [-0.39, 0.29) is 24.3 Å². The highest BCUT2D eigenvalue weighted by Crippen LogP contribution is 2.44. The van der Waals surface area contributed by atoms with Crippen molar-refractivity contribution in [2.45, 2.75) is 44.2 Å². The van der Waals surface area contributed by atoms with Crippen molar-refractivity contribution >= 4 is 17.8 Å². The molecule has 2 saturated heterocycles. The molecule has 2 aromatic rings. The first-order valence-electron chi connectivity index (χ1n) is 11.9. The molecule has 1 aromatic heterocycles. The van der Waals surface area contributed by atoms with Gasteiger partial charge in [0.15, 0.2) is 12.5 Å². The maximum Gasteiger partial charge on any atom is 0.351 e. The van der Waals surface area contributed by atoms with Gasteiger partial charge in [-0.05, 0) is 25.3 Å². The van der Waals surface area contributed by atoms with Gasteiger partial charge in [-0.3, -0.25) is 14.7 Å². The Bertz CT molecular complexity index is 1160. The van der Waals surface area contributed by atoms with Crippen molar-refractivity contribution in [1.29, 1.82) is 0 Å². The number of anilines is 1. The van der Waals surface area contributed by atoms with Crippen molar-refractivity contribution in [3.63, 3.8) is 0 Å². The third kappa shape index (κ3) is 5.12. The van der Waals surface area contributed by atoms with Crippen molar-refractivity contribution in [1.82, 2.24) is 14.9 Å². The lowest BCUT2D eigenvalue weighted by molar-refractivity contribution is -0.159. The number of aliphatic carboxylic acids is 1. The lowest BCUT2D eigenvalue weighted by Crippen LogP contribution is -2.35. The average Bonchev–Trinajstić information content (AvgIpc) is 3.38. The Hall–Kier alpha value is -3.32. The maximum atomic E-state index is 12.8. The van der Waals surface area contributed by atoms with Crippen LogP contribution in [0.2, 0.25) is 0 Å². The Kier molecular flexibility index (Phi) is 7.01. The van der Waals surface area contributed by atoms with Gasteiger partial charge in [0.2, 0.25) is 0 Å². The number of hydrogen-bond donors (Lipinski definition) is 3. The first kappa shape index (κ1) is 24.4. The molecule has 3 heterocycles. The number of carboxylic acids is 1. The van der Waals surface area contributed by atoms with E-state index >= 15 is 0 Å². The Balaban J connectivity index is 1.31. The Morgan fingerprint density at radius 3 is 2.61 bits per heavy atom. The number of ether oxygens (including phenoxy) is 4. The van der Waals surface area contributed by atoms with E-state index in [1.165, 1.54) is 16.8 Å². The predicted octanol–water partition coefficient (Wildman–Crippen LogP) is 1.50.